The molecule has 0 radical (unpaired) electrons. The summed E-state index contributed by atoms with van der Waals surface area (Å²) in [5.41, 5.74) is 3.44. The van der Waals surface area contributed by atoms with E-state index in [0.29, 0.717) is 18.8 Å². The first kappa shape index (κ1) is 19.3. The number of hydrogen-bond acceptors (Lipinski definition) is 6. The molecular weight excluding hydrogens is 364 g/mol. The van der Waals surface area contributed by atoms with Gasteiger partial charge < -0.3 is 10.2 Å². The van der Waals surface area contributed by atoms with Gasteiger partial charge in [-0.3, -0.25) is 4.79 Å². The van der Waals surface area contributed by atoms with Crippen LogP contribution in [0.3, 0.4) is 0 Å². The van der Waals surface area contributed by atoms with E-state index in [4.69, 9.17) is 0 Å². The smallest absolute Gasteiger partial charge is 0.272 e. The molecule has 1 aliphatic rings. The number of aromatic nitrogens is 2. The predicted octanol–water partition coefficient (Wildman–Crippen LogP) is 2.49. The number of nitrogens with one attached hydrogen (secondary N) is 1. The summed E-state index contributed by atoms with van der Waals surface area (Å²) in [6.07, 6.45) is 1.82. The van der Waals surface area contributed by atoms with Gasteiger partial charge >= 0.3 is 0 Å². The molecule has 2 heterocycles. The van der Waals surface area contributed by atoms with Crippen molar-refractivity contribution in [2.24, 2.45) is 0 Å². The van der Waals surface area contributed by atoms with E-state index in [2.05, 4.69) is 15.3 Å². The van der Waals surface area contributed by atoms with Crippen molar-refractivity contribution >= 4 is 27.2 Å². The fraction of sp³-hybridized carbons (Fsp3) is 0.421. The monoisotopic (exact) mass is 388 g/mol. The minimum Gasteiger partial charge on any atom is -0.340 e. The van der Waals surface area contributed by atoms with E-state index in [9.17, 15) is 13.2 Å². The second-order valence-electron chi connectivity index (χ2n) is 6.81. The van der Waals surface area contributed by atoms with Crippen molar-refractivity contribution < 1.29 is 13.2 Å². The Bertz CT molecular complexity index is 959. The molecule has 1 aliphatic heterocycles. The number of anilines is 2. The van der Waals surface area contributed by atoms with Gasteiger partial charge in [0.25, 0.3) is 5.91 Å². The second-order valence-corrected chi connectivity index (χ2v) is 9.04. The first-order valence-electron chi connectivity index (χ1n) is 8.97. The Kier molecular flexibility index (Phi) is 5.46. The van der Waals surface area contributed by atoms with Crippen molar-refractivity contribution in [2.75, 3.05) is 23.4 Å². The van der Waals surface area contributed by atoms with Crippen LogP contribution in [0.1, 0.15) is 35.0 Å². The maximum Gasteiger partial charge on any atom is 0.272 e. The number of carbonyl (C=O) groups is 1. The van der Waals surface area contributed by atoms with Crippen LogP contribution in [0.25, 0.3) is 0 Å². The Morgan fingerprint density at radius 2 is 2.07 bits per heavy atom. The van der Waals surface area contributed by atoms with E-state index in [1.54, 1.807) is 11.0 Å². The topological polar surface area (TPSA) is 92.3 Å². The summed E-state index contributed by atoms with van der Waals surface area (Å²) in [4.78, 5) is 22.8. The summed E-state index contributed by atoms with van der Waals surface area (Å²) in [5.74, 6) is 0.402. The van der Waals surface area contributed by atoms with E-state index >= 15 is 0 Å². The van der Waals surface area contributed by atoms with Crippen LogP contribution in [0.5, 0.6) is 0 Å². The van der Waals surface area contributed by atoms with Gasteiger partial charge in [0.2, 0.25) is 0 Å². The number of benzene rings is 1. The van der Waals surface area contributed by atoms with Crippen molar-refractivity contribution in [3.8, 4) is 0 Å². The van der Waals surface area contributed by atoms with Crippen molar-refractivity contribution in [1.29, 1.82) is 0 Å². The first-order chi connectivity index (χ1) is 12.8. The van der Waals surface area contributed by atoms with Gasteiger partial charge in [-0.25, -0.2) is 18.4 Å². The number of nitrogens with zero attached hydrogens (tertiary/aromatic N) is 3. The predicted molar refractivity (Wildman–Crippen MR) is 105 cm³/mol. The minimum absolute atomic E-state index is 0.0191. The molecule has 1 N–H and O–H groups in total. The summed E-state index contributed by atoms with van der Waals surface area (Å²) in [5, 5.41) is 3.23. The minimum atomic E-state index is -3.06. The Labute approximate surface area is 159 Å². The SMILES string of the molecule is CCN(C(=O)c1cc(Nc2cccc(C)c2C)ncn1)C1CCS(=O)(=O)C1. The lowest BCUT2D eigenvalue weighted by atomic mass is 10.1. The van der Waals surface area contributed by atoms with Crippen LogP contribution in [0.2, 0.25) is 0 Å². The highest BCUT2D eigenvalue weighted by Gasteiger charge is 2.34. The molecule has 1 aromatic heterocycles. The molecule has 1 unspecified atom stereocenters. The van der Waals surface area contributed by atoms with Crippen LogP contribution < -0.4 is 5.32 Å². The van der Waals surface area contributed by atoms with Crippen molar-refractivity contribution in [1.82, 2.24) is 14.9 Å². The molecule has 27 heavy (non-hydrogen) atoms. The fourth-order valence-electron chi connectivity index (χ4n) is 3.30. The van der Waals surface area contributed by atoms with Gasteiger partial charge in [0.05, 0.1) is 11.5 Å². The molecule has 0 bridgehead atoms. The molecule has 1 aromatic carbocycles. The van der Waals surface area contributed by atoms with Crippen LogP contribution in [-0.4, -0.2) is 53.3 Å². The van der Waals surface area contributed by atoms with Gasteiger partial charge in [-0.1, -0.05) is 12.1 Å². The summed E-state index contributed by atoms with van der Waals surface area (Å²) in [6, 6.07) is 7.25. The molecular formula is C19H24N4O3S. The van der Waals surface area contributed by atoms with Gasteiger partial charge in [0.1, 0.15) is 17.8 Å². The van der Waals surface area contributed by atoms with E-state index < -0.39 is 9.84 Å². The fourth-order valence-corrected chi connectivity index (χ4v) is 5.03. The molecule has 0 spiro atoms. The van der Waals surface area contributed by atoms with Crippen molar-refractivity contribution in [3.05, 3.63) is 47.4 Å². The Morgan fingerprint density at radius 1 is 1.30 bits per heavy atom. The first-order valence-corrected chi connectivity index (χ1v) is 10.8. The second kappa shape index (κ2) is 7.64. The normalized spacial score (nSPS) is 18.3. The molecule has 1 atom stereocenters. The third-order valence-electron chi connectivity index (χ3n) is 5.00. The summed E-state index contributed by atoms with van der Waals surface area (Å²) in [7, 11) is -3.06. The molecule has 1 saturated heterocycles. The molecule has 1 amide bonds. The number of amides is 1. The molecule has 3 rings (SSSR count). The Hall–Kier alpha value is -2.48. The van der Waals surface area contributed by atoms with Crippen LogP contribution in [0.15, 0.2) is 30.6 Å². The quantitative estimate of drug-likeness (QED) is 0.846. The number of sulfone groups is 1. The van der Waals surface area contributed by atoms with E-state index in [1.165, 1.54) is 6.33 Å². The maximum absolute atomic E-state index is 12.9. The Morgan fingerprint density at radius 3 is 2.74 bits per heavy atom. The average molecular weight is 388 g/mol. The van der Waals surface area contributed by atoms with Crippen LogP contribution in [-0.2, 0) is 9.84 Å². The molecule has 7 nitrogen and oxygen atoms in total. The third-order valence-corrected chi connectivity index (χ3v) is 6.75. The van der Waals surface area contributed by atoms with E-state index in [-0.39, 0.29) is 29.1 Å². The van der Waals surface area contributed by atoms with Gasteiger partial charge in [0.15, 0.2) is 9.84 Å². The zero-order valence-corrected chi connectivity index (χ0v) is 16.6. The molecule has 8 heteroatoms. The summed E-state index contributed by atoms with van der Waals surface area (Å²) in [6.45, 7) is 6.33. The van der Waals surface area contributed by atoms with Gasteiger partial charge in [-0.15, -0.1) is 0 Å². The molecule has 2 aromatic rings. The van der Waals surface area contributed by atoms with E-state index in [0.717, 1.165) is 16.8 Å². The van der Waals surface area contributed by atoms with Crippen LogP contribution >= 0.6 is 0 Å². The lowest BCUT2D eigenvalue weighted by Gasteiger charge is -2.26. The highest BCUT2D eigenvalue weighted by molar-refractivity contribution is 7.91. The number of aryl methyl sites for hydroxylation is 1. The Balaban J connectivity index is 1.82. The van der Waals surface area contributed by atoms with Crippen LogP contribution in [0.4, 0.5) is 11.5 Å². The number of rotatable bonds is 5. The van der Waals surface area contributed by atoms with E-state index in [1.807, 2.05) is 39.0 Å². The molecule has 0 aliphatic carbocycles. The third kappa shape index (κ3) is 4.27. The maximum atomic E-state index is 12.9. The standard InChI is InChI=1S/C19H24N4O3S/c1-4-23(15-8-9-27(25,26)11-15)19(24)17-10-18(21-12-20-17)22-16-7-5-6-13(2)14(16)3/h5-7,10,12,15H,4,8-9,11H2,1-3H3,(H,20,21,22). The highest BCUT2D eigenvalue weighted by atomic mass is 32.2. The van der Waals surface area contributed by atoms with Gasteiger partial charge in [0, 0.05) is 24.3 Å². The lowest BCUT2D eigenvalue weighted by molar-refractivity contribution is 0.0702. The number of hydrogen-bond donors (Lipinski definition) is 1. The molecule has 0 saturated carbocycles. The van der Waals surface area contributed by atoms with Crippen LogP contribution in [0, 0.1) is 13.8 Å². The van der Waals surface area contributed by atoms with Gasteiger partial charge in [-0.05, 0) is 44.4 Å². The highest BCUT2D eigenvalue weighted by Crippen LogP contribution is 2.23. The average Bonchev–Trinajstić information content (AvgIpc) is 2.99. The molecule has 1 fully saturated rings. The van der Waals surface area contributed by atoms with Gasteiger partial charge in [-0.2, -0.15) is 0 Å². The van der Waals surface area contributed by atoms with Crippen molar-refractivity contribution in [2.45, 2.75) is 33.2 Å². The zero-order valence-electron chi connectivity index (χ0n) is 15.8. The van der Waals surface area contributed by atoms with Crippen molar-refractivity contribution in [3.63, 3.8) is 0 Å². The number of carbonyl (C=O) groups excluding carboxylic acids is 1. The largest absolute Gasteiger partial charge is 0.340 e. The summed E-state index contributed by atoms with van der Waals surface area (Å²) >= 11 is 0. The summed E-state index contributed by atoms with van der Waals surface area (Å²) < 4.78 is 23.5. The lowest BCUT2D eigenvalue weighted by Crippen LogP contribution is -2.41. The molecule has 144 valence electrons. The zero-order chi connectivity index (χ0) is 19.6.